The zero-order valence-corrected chi connectivity index (χ0v) is 9.80. The molecule has 0 bridgehead atoms. The van der Waals surface area contributed by atoms with Crippen molar-refractivity contribution in [1.82, 2.24) is 0 Å². The molecule has 0 nitrogen and oxygen atoms in total. The molecule has 0 N–H and O–H groups in total. The Kier molecular flexibility index (Phi) is 1.88. The lowest BCUT2D eigenvalue weighted by Crippen LogP contribution is -1.91. The maximum atomic E-state index is 2.32. The number of thiophene rings is 1. The summed E-state index contributed by atoms with van der Waals surface area (Å²) in [7, 11) is 0. The molecule has 1 heteroatoms. The van der Waals surface area contributed by atoms with Gasteiger partial charge in [-0.1, -0.05) is 12.5 Å². The van der Waals surface area contributed by atoms with E-state index in [1.807, 2.05) is 11.3 Å². The zero-order chi connectivity index (χ0) is 9.75. The Bertz CT molecular complexity index is 394. The van der Waals surface area contributed by atoms with Crippen LogP contribution < -0.4 is 0 Å². The Morgan fingerprint density at radius 3 is 2.23 bits per heavy atom. The molecule has 1 atom stereocenters. The highest BCUT2D eigenvalue weighted by Gasteiger charge is 2.27. The molecule has 0 radical (unpaired) electrons. The van der Waals surface area contributed by atoms with E-state index in [0.29, 0.717) is 5.92 Å². The van der Waals surface area contributed by atoms with Gasteiger partial charge in [0.05, 0.1) is 0 Å². The fourth-order valence-corrected chi connectivity index (χ4v) is 3.49. The van der Waals surface area contributed by atoms with Gasteiger partial charge in [0.2, 0.25) is 0 Å². The van der Waals surface area contributed by atoms with E-state index in [0.717, 1.165) is 0 Å². The van der Waals surface area contributed by atoms with Crippen LogP contribution in [0, 0.1) is 13.8 Å². The molecule has 2 rings (SSSR count). The van der Waals surface area contributed by atoms with Gasteiger partial charge in [-0.25, -0.2) is 0 Å². The average Bonchev–Trinajstić information content (AvgIpc) is 2.48. The molecule has 1 aliphatic carbocycles. The first-order valence-electron chi connectivity index (χ1n) is 4.81. The minimum Gasteiger partial charge on any atom is -0.140 e. The smallest absolute Gasteiger partial charge is 0.0342 e. The summed E-state index contributed by atoms with van der Waals surface area (Å²) >= 11 is 1.96. The third-order valence-corrected chi connectivity index (χ3v) is 4.79. The second kappa shape index (κ2) is 2.71. The summed E-state index contributed by atoms with van der Waals surface area (Å²) in [5.41, 5.74) is 6.19. The lowest BCUT2D eigenvalue weighted by atomic mass is 9.97. The van der Waals surface area contributed by atoms with Crippen LogP contribution in [0.3, 0.4) is 0 Å². The molecule has 1 aliphatic rings. The summed E-state index contributed by atoms with van der Waals surface area (Å²) in [5, 5.41) is 0. The lowest BCUT2D eigenvalue weighted by Gasteiger charge is -2.07. The second-order valence-electron chi connectivity index (χ2n) is 4.06. The number of aryl methyl sites for hydroxylation is 1. The number of allylic oxidation sites excluding steroid dienone is 2. The highest BCUT2D eigenvalue weighted by atomic mass is 32.1. The first-order valence-corrected chi connectivity index (χ1v) is 5.63. The van der Waals surface area contributed by atoms with Crippen molar-refractivity contribution in [2.45, 2.75) is 40.5 Å². The summed E-state index contributed by atoms with van der Waals surface area (Å²) < 4.78 is 0. The average molecular weight is 192 g/mol. The van der Waals surface area contributed by atoms with Crippen molar-refractivity contribution in [3.63, 3.8) is 0 Å². The summed E-state index contributed by atoms with van der Waals surface area (Å²) in [6.45, 7) is 11.3. The molecule has 0 spiro atoms. The topological polar surface area (TPSA) is 0 Å². The number of hydrogen-bond acceptors (Lipinski definition) is 1. The van der Waals surface area contributed by atoms with Crippen molar-refractivity contribution in [2.24, 2.45) is 0 Å². The molecule has 0 amide bonds. The molecule has 1 unspecified atom stereocenters. The summed E-state index contributed by atoms with van der Waals surface area (Å²) in [4.78, 5) is 3.03. The summed E-state index contributed by atoms with van der Waals surface area (Å²) in [5.74, 6) is 0.653. The van der Waals surface area contributed by atoms with Crippen LogP contribution in [0.4, 0.5) is 0 Å². The van der Waals surface area contributed by atoms with Gasteiger partial charge >= 0.3 is 0 Å². The van der Waals surface area contributed by atoms with Crippen LogP contribution in [0.2, 0.25) is 0 Å². The second-order valence-corrected chi connectivity index (χ2v) is 5.28. The van der Waals surface area contributed by atoms with Gasteiger partial charge < -0.3 is 0 Å². The molecule has 1 aromatic heterocycles. The Morgan fingerprint density at radius 2 is 1.69 bits per heavy atom. The van der Waals surface area contributed by atoms with Gasteiger partial charge in [-0.05, 0) is 44.4 Å². The molecule has 1 aromatic rings. The maximum absolute atomic E-state index is 2.32. The SMILES string of the molecule is CC1=C(C)C(C)c2c1sc(C)c2C. The van der Waals surface area contributed by atoms with Gasteiger partial charge in [0.1, 0.15) is 0 Å². The van der Waals surface area contributed by atoms with Gasteiger partial charge in [0.15, 0.2) is 0 Å². The predicted octanol–water partition coefficient (Wildman–Crippen LogP) is 4.28. The predicted molar refractivity (Wildman–Crippen MR) is 60.5 cm³/mol. The van der Waals surface area contributed by atoms with E-state index >= 15 is 0 Å². The fourth-order valence-electron chi connectivity index (χ4n) is 2.16. The number of rotatable bonds is 0. The molecule has 0 saturated heterocycles. The largest absolute Gasteiger partial charge is 0.140 e. The Balaban J connectivity index is 2.70. The summed E-state index contributed by atoms with van der Waals surface area (Å²) in [6, 6.07) is 0. The molecule has 13 heavy (non-hydrogen) atoms. The van der Waals surface area contributed by atoms with Crippen LogP contribution in [0.5, 0.6) is 0 Å². The van der Waals surface area contributed by atoms with E-state index in [4.69, 9.17) is 0 Å². The molecule has 0 fully saturated rings. The highest BCUT2D eigenvalue weighted by Crippen LogP contribution is 2.47. The molecule has 0 aliphatic heterocycles. The van der Waals surface area contributed by atoms with E-state index in [1.165, 1.54) is 16.0 Å². The lowest BCUT2D eigenvalue weighted by molar-refractivity contribution is 0.912. The van der Waals surface area contributed by atoms with Crippen molar-refractivity contribution in [1.29, 1.82) is 0 Å². The van der Waals surface area contributed by atoms with Crippen molar-refractivity contribution in [3.05, 3.63) is 26.5 Å². The van der Waals surface area contributed by atoms with Gasteiger partial charge in [-0.15, -0.1) is 11.3 Å². The Morgan fingerprint density at radius 1 is 1.08 bits per heavy atom. The van der Waals surface area contributed by atoms with Crippen molar-refractivity contribution < 1.29 is 0 Å². The normalized spacial score (nSPS) is 21.2. The zero-order valence-electron chi connectivity index (χ0n) is 8.99. The minimum absolute atomic E-state index is 0.653. The monoisotopic (exact) mass is 192 g/mol. The van der Waals surface area contributed by atoms with Gasteiger partial charge in [0.25, 0.3) is 0 Å². The number of hydrogen-bond donors (Lipinski definition) is 0. The molecule has 0 aromatic carbocycles. The molecule has 1 heterocycles. The van der Waals surface area contributed by atoms with Crippen molar-refractivity contribution in [3.8, 4) is 0 Å². The van der Waals surface area contributed by atoms with Gasteiger partial charge in [0, 0.05) is 15.7 Å². The first kappa shape index (κ1) is 9.01. The third-order valence-electron chi connectivity index (χ3n) is 3.45. The van der Waals surface area contributed by atoms with E-state index in [9.17, 15) is 0 Å². The van der Waals surface area contributed by atoms with Crippen molar-refractivity contribution >= 4 is 16.9 Å². The van der Waals surface area contributed by atoms with Crippen LogP contribution in [0.25, 0.3) is 5.57 Å². The molecular weight excluding hydrogens is 176 g/mol. The first-order chi connectivity index (χ1) is 6.04. The minimum atomic E-state index is 0.653. The maximum Gasteiger partial charge on any atom is 0.0342 e. The third kappa shape index (κ3) is 1.03. The van der Waals surface area contributed by atoms with E-state index < -0.39 is 0 Å². The van der Waals surface area contributed by atoms with Crippen molar-refractivity contribution in [2.75, 3.05) is 0 Å². The van der Waals surface area contributed by atoms with Gasteiger partial charge in [-0.3, -0.25) is 0 Å². The number of fused-ring (bicyclic) bond motifs is 1. The van der Waals surface area contributed by atoms with Crippen LogP contribution >= 0.6 is 11.3 Å². The standard InChI is InChI=1S/C12H16S/c1-6-7(2)11-9(4)10(5)13-12(11)8(6)3/h7H,1-5H3. The summed E-state index contributed by atoms with van der Waals surface area (Å²) in [6.07, 6.45) is 0. The molecule has 0 saturated carbocycles. The highest BCUT2D eigenvalue weighted by molar-refractivity contribution is 7.13. The van der Waals surface area contributed by atoms with Gasteiger partial charge in [-0.2, -0.15) is 0 Å². The molecule has 70 valence electrons. The fraction of sp³-hybridized carbons (Fsp3) is 0.500. The quantitative estimate of drug-likeness (QED) is 0.575. The van der Waals surface area contributed by atoms with Crippen LogP contribution in [0.15, 0.2) is 5.57 Å². The van der Waals surface area contributed by atoms with E-state index in [-0.39, 0.29) is 0 Å². The Labute approximate surface area is 84.3 Å². The molecular formula is C12H16S. The van der Waals surface area contributed by atoms with E-state index in [1.54, 1.807) is 16.0 Å². The van der Waals surface area contributed by atoms with E-state index in [2.05, 4.69) is 34.6 Å². The van der Waals surface area contributed by atoms with Crippen LogP contribution in [-0.4, -0.2) is 0 Å². The Hall–Kier alpha value is -0.560. The van der Waals surface area contributed by atoms with Crippen LogP contribution in [-0.2, 0) is 0 Å². The van der Waals surface area contributed by atoms with Crippen LogP contribution in [0.1, 0.15) is 47.6 Å².